The van der Waals surface area contributed by atoms with E-state index in [9.17, 15) is 9.18 Å². The lowest BCUT2D eigenvalue weighted by Gasteiger charge is -2.23. The van der Waals surface area contributed by atoms with Crippen molar-refractivity contribution < 1.29 is 18.7 Å². The Morgan fingerprint density at radius 1 is 1.25 bits per heavy atom. The smallest absolute Gasteiger partial charge is 0.416 e. The minimum Gasteiger partial charge on any atom is -0.485 e. The number of fused-ring (bicyclic) bond motifs is 3. The van der Waals surface area contributed by atoms with Gasteiger partial charge in [-0.25, -0.2) is 19.2 Å². The Morgan fingerprint density at radius 3 is 2.91 bits per heavy atom. The van der Waals surface area contributed by atoms with Crippen LogP contribution in [-0.4, -0.2) is 44.4 Å². The second-order valence-electron chi connectivity index (χ2n) is 7.64. The number of aromatic nitrogens is 4. The van der Waals surface area contributed by atoms with Gasteiger partial charge in [0.2, 0.25) is 5.95 Å². The molecule has 1 amide bonds. The van der Waals surface area contributed by atoms with Gasteiger partial charge in [-0.1, -0.05) is 11.6 Å². The van der Waals surface area contributed by atoms with Gasteiger partial charge in [-0.3, -0.25) is 9.47 Å². The van der Waals surface area contributed by atoms with Crippen molar-refractivity contribution in [1.29, 1.82) is 0 Å². The summed E-state index contributed by atoms with van der Waals surface area (Å²) >= 11 is 6.06. The molecule has 3 aromatic rings. The van der Waals surface area contributed by atoms with Crippen LogP contribution in [0.3, 0.4) is 0 Å². The molecular weight excluding hydrogens is 439 g/mol. The number of nitrogens with zero attached hydrogens (tertiary/aromatic N) is 5. The number of imidazole rings is 1. The molecule has 0 aliphatic carbocycles. The fraction of sp³-hybridized carbons (Fsp3) is 0.333. The lowest BCUT2D eigenvalue weighted by Crippen LogP contribution is -2.39. The summed E-state index contributed by atoms with van der Waals surface area (Å²) in [4.78, 5) is 26.5. The van der Waals surface area contributed by atoms with Crippen molar-refractivity contribution in [1.82, 2.24) is 19.5 Å². The molecule has 0 saturated carbocycles. The summed E-state index contributed by atoms with van der Waals surface area (Å²) in [6, 6.07) is 6.01. The predicted molar refractivity (Wildman–Crippen MR) is 115 cm³/mol. The van der Waals surface area contributed by atoms with Crippen LogP contribution in [0.2, 0.25) is 5.02 Å². The molecule has 4 heterocycles. The molecule has 9 nitrogen and oxygen atoms in total. The Morgan fingerprint density at radius 2 is 2.09 bits per heavy atom. The number of nitrogens with one attached hydrogen (secondary N) is 1. The molecule has 3 atom stereocenters. The number of hydrogen-bond acceptors (Lipinski definition) is 7. The molecule has 2 aliphatic rings. The van der Waals surface area contributed by atoms with Crippen LogP contribution in [0.1, 0.15) is 31.3 Å². The van der Waals surface area contributed by atoms with Gasteiger partial charge in [0.1, 0.15) is 43.3 Å². The number of carbonyl (C=O) groups excluding carboxylic acids is 1. The highest BCUT2D eigenvalue weighted by Crippen LogP contribution is 2.35. The summed E-state index contributed by atoms with van der Waals surface area (Å²) < 4.78 is 26.8. The standard InChI is InChI=1S/C21H20ClFN6O3/c1-11(23)15-8-32-21(30)29(15)18-5-6-24-20(27-18)26-12(2)19-16-9-31-17-7-13(22)3-4-14(17)28(16)10-25-19/h3-7,10-12,15H,8-9H2,1-2H3,(H,24,26,27)/t11-,12-,15+/m0/s1. The molecule has 2 aliphatic heterocycles. The van der Waals surface area contributed by atoms with Crippen LogP contribution in [-0.2, 0) is 11.3 Å². The van der Waals surface area contributed by atoms with Gasteiger partial charge in [0.25, 0.3) is 0 Å². The summed E-state index contributed by atoms with van der Waals surface area (Å²) in [7, 11) is 0. The molecule has 0 spiro atoms. The van der Waals surface area contributed by atoms with Crippen molar-refractivity contribution in [2.24, 2.45) is 0 Å². The van der Waals surface area contributed by atoms with E-state index < -0.39 is 18.3 Å². The molecule has 1 fully saturated rings. The van der Waals surface area contributed by atoms with Gasteiger partial charge in [0, 0.05) is 17.3 Å². The van der Waals surface area contributed by atoms with E-state index in [2.05, 4.69) is 20.3 Å². The number of ether oxygens (including phenoxy) is 2. The molecule has 1 saturated heterocycles. The quantitative estimate of drug-likeness (QED) is 0.616. The molecule has 2 aromatic heterocycles. The van der Waals surface area contributed by atoms with Crippen molar-refractivity contribution in [3.05, 3.63) is 53.2 Å². The highest BCUT2D eigenvalue weighted by atomic mass is 35.5. The van der Waals surface area contributed by atoms with E-state index >= 15 is 0 Å². The summed E-state index contributed by atoms with van der Waals surface area (Å²) in [6.45, 7) is 3.63. The van der Waals surface area contributed by atoms with E-state index in [1.807, 2.05) is 17.6 Å². The minimum atomic E-state index is -1.26. The van der Waals surface area contributed by atoms with Gasteiger partial charge >= 0.3 is 6.09 Å². The maximum absolute atomic E-state index is 13.9. The summed E-state index contributed by atoms with van der Waals surface area (Å²) in [6.07, 6.45) is 1.36. The number of amides is 1. The van der Waals surface area contributed by atoms with E-state index in [0.29, 0.717) is 17.4 Å². The van der Waals surface area contributed by atoms with E-state index in [-0.39, 0.29) is 24.4 Å². The predicted octanol–water partition coefficient (Wildman–Crippen LogP) is 4.06. The number of alkyl halides is 1. The molecule has 32 heavy (non-hydrogen) atoms. The number of anilines is 2. The van der Waals surface area contributed by atoms with Gasteiger partial charge in [-0.15, -0.1) is 0 Å². The largest absolute Gasteiger partial charge is 0.485 e. The third-order valence-corrected chi connectivity index (χ3v) is 5.76. The molecule has 0 bridgehead atoms. The molecule has 0 radical (unpaired) electrons. The Balaban J connectivity index is 1.39. The highest BCUT2D eigenvalue weighted by molar-refractivity contribution is 6.30. The van der Waals surface area contributed by atoms with Crippen molar-refractivity contribution in [3.63, 3.8) is 0 Å². The molecule has 1 N–H and O–H groups in total. The van der Waals surface area contributed by atoms with Gasteiger partial charge < -0.3 is 14.8 Å². The van der Waals surface area contributed by atoms with Gasteiger partial charge in [-0.2, -0.15) is 4.98 Å². The first-order valence-electron chi connectivity index (χ1n) is 10.1. The van der Waals surface area contributed by atoms with Crippen LogP contribution in [0.25, 0.3) is 5.69 Å². The summed E-state index contributed by atoms with van der Waals surface area (Å²) in [5, 5.41) is 3.81. The van der Waals surface area contributed by atoms with Crippen molar-refractivity contribution >= 4 is 29.5 Å². The second kappa shape index (κ2) is 7.94. The first-order valence-corrected chi connectivity index (χ1v) is 10.5. The number of benzene rings is 1. The number of cyclic esters (lactones) is 1. The van der Waals surface area contributed by atoms with Crippen LogP contribution in [0.4, 0.5) is 21.0 Å². The lowest BCUT2D eigenvalue weighted by atomic mass is 10.1. The first kappa shape index (κ1) is 20.5. The Bertz CT molecular complexity index is 1190. The number of halogens is 2. The Labute approximate surface area is 188 Å². The monoisotopic (exact) mass is 458 g/mol. The van der Waals surface area contributed by atoms with E-state index in [1.54, 1.807) is 24.5 Å². The normalized spacial score (nSPS) is 18.9. The fourth-order valence-corrected chi connectivity index (χ4v) is 4.06. The van der Waals surface area contributed by atoms with Crippen LogP contribution in [0.15, 0.2) is 36.8 Å². The molecule has 1 aromatic carbocycles. The SMILES string of the molecule is C[C@H](Nc1nccc(N2C(=O)OC[C@@H]2[C@H](C)F)n1)c1ncn2c1COc1cc(Cl)ccc1-2. The molecule has 0 unspecified atom stereocenters. The Kier molecular flexibility index (Phi) is 5.09. The average Bonchev–Trinajstić information content (AvgIpc) is 3.37. The first-order chi connectivity index (χ1) is 15.4. The molecule has 166 valence electrons. The molecule has 11 heteroatoms. The number of hydrogen-bond donors (Lipinski definition) is 1. The third-order valence-electron chi connectivity index (χ3n) is 5.52. The van der Waals surface area contributed by atoms with Gasteiger partial charge in [0.05, 0.1) is 23.1 Å². The number of carbonyl (C=O) groups is 1. The van der Waals surface area contributed by atoms with E-state index in [4.69, 9.17) is 21.1 Å². The van der Waals surface area contributed by atoms with Crippen LogP contribution >= 0.6 is 11.6 Å². The van der Waals surface area contributed by atoms with Crippen molar-refractivity contribution in [2.45, 2.75) is 38.7 Å². The zero-order chi connectivity index (χ0) is 22.4. The van der Waals surface area contributed by atoms with E-state index in [0.717, 1.165) is 17.1 Å². The zero-order valence-electron chi connectivity index (χ0n) is 17.3. The minimum absolute atomic E-state index is 0.0207. The third kappa shape index (κ3) is 3.50. The van der Waals surface area contributed by atoms with Crippen LogP contribution in [0, 0.1) is 0 Å². The van der Waals surface area contributed by atoms with E-state index in [1.165, 1.54) is 18.0 Å². The molecule has 5 rings (SSSR count). The van der Waals surface area contributed by atoms with Crippen molar-refractivity contribution in [2.75, 3.05) is 16.8 Å². The van der Waals surface area contributed by atoms with Crippen LogP contribution < -0.4 is 15.0 Å². The summed E-state index contributed by atoms with van der Waals surface area (Å²) in [5.74, 6) is 1.25. The van der Waals surface area contributed by atoms with Crippen molar-refractivity contribution in [3.8, 4) is 11.4 Å². The molecular formula is C21H20ClFN6O3. The maximum atomic E-state index is 13.9. The van der Waals surface area contributed by atoms with Crippen LogP contribution in [0.5, 0.6) is 5.75 Å². The maximum Gasteiger partial charge on any atom is 0.416 e. The fourth-order valence-electron chi connectivity index (χ4n) is 3.90. The van der Waals surface area contributed by atoms with Gasteiger partial charge in [-0.05, 0) is 32.0 Å². The van der Waals surface area contributed by atoms with Gasteiger partial charge in [0.15, 0.2) is 0 Å². The zero-order valence-corrected chi connectivity index (χ0v) is 18.1. The number of rotatable bonds is 5. The Hall–Kier alpha value is -3.40. The summed E-state index contributed by atoms with van der Waals surface area (Å²) in [5.41, 5.74) is 2.53. The second-order valence-corrected chi connectivity index (χ2v) is 8.08. The topological polar surface area (TPSA) is 94.4 Å². The average molecular weight is 459 g/mol. The lowest BCUT2D eigenvalue weighted by molar-refractivity contribution is 0.174. The highest BCUT2D eigenvalue weighted by Gasteiger charge is 2.39.